The molecule has 1 aliphatic heterocycles. The summed E-state index contributed by atoms with van der Waals surface area (Å²) in [6.45, 7) is 1.31. The van der Waals surface area contributed by atoms with E-state index in [0.29, 0.717) is 40.2 Å². The third-order valence-corrected chi connectivity index (χ3v) is 6.23. The van der Waals surface area contributed by atoms with Gasteiger partial charge in [0.25, 0.3) is 5.91 Å². The van der Waals surface area contributed by atoms with Crippen molar-refractivity contribution >= 4 is 29.4 Å². The van der Waals surface area contributed by atoms with Gasteiger partial charge in [-0.1, -0.05) is 16.9 Å². The van der Waals surface area contributed by atoms with E-state index in [-0.39, 0.29) is 5.56 Å². The molecule has 10 nitrogen and oxygen atoms in total. The molecule has 1 aliphatic rings. The number of furan rings is 2. The summed E-state index contributed by atoms with van der Waals surface area (Å²) in [6, 6.07) is 11.6. The van der Waals surface area contributed by atoms with Crippen LogP contribution in [0.1, 0.15) is 45.8 Å². The first-order valence-corrected chi connectivity index (χ1v) is 11.7. The van der Waals surface area contributed by atoms with Crippen molar-refractivity contribution in [1.29, 1.82) is 0 Å². The minimum absolute atomic E-state index is 0.259. The van der Waals surface area contributed by atoms with Gasteiger partial charge in [-0.3, -0.25) is 4.79 Å². The van der Waals surface area contributed by atoms with Crippen LogP contribution in [0.25, 0.3) is 0 Å². The predicted molar refractivity (Wildman–Crippen MR) is 123 cm³/mol. The van der Waals surface area contributed by atoms with Gasteiger partial charge >= 0.3 is 5.97 Å². The number of rotatable bonds is 8. The molecule has 1 atom stereocenters. The molecule has 0 N–H and O–H groups in total. The molecule has 178 valence electrons. The van der Waals surface area contributed by atoms with E-state index in [1.807, 2.05) is 6.07 Å². The summed E-state index contributed by atoms with van der Waals surface area (Å²) in [7, 11) is 0. The fourth-order valence-corrected chi connectivity index (χ4v) is 4.46. The highest BCUT2D eigenvalue weighted by Crippen LogP contribution is 2.33. The Morgan fingerprint density at radius 2 is 2.03 bits per heavy atom. The van der Waals surface area contributed by atoms with Crippen LogP contribution in [0.5, 0.6) is 0 Å². The van der Waals surface area contributed by atoms with Gasteiger partial charge in [-0.2, -0.15) is 5.10 Å². The van der Waals surface area contributed by atoms with E-state index in [1.165, 1.54) is 23.0 Å². The number of aromatic nitrogens is 2. The summed E-state index contributed by atoms with van der Waals surface area (Å²) in [4.78, 5) is 30.1. The highest BCUT2D eigenvalue weighted by atomic mass is 32.2. The summed E-state index contributed by atoms with van der Waals surface area (Å²) >= 11 is 1.32. The number of aryl methyl sites for hydroxylation is 1. The number of hydrogen-bond acceptors (Lipinski definition) is 10. The number of amides is 1. The normalized spacial score (nSPS) is 15.3. The van der Waals surface area contributed by atoms with E-state index in [4.69, 9.17) is 18.1 Å². The SMILES string of the molecule is Cc1cc(CSc2ncccc2C(=O)OCC(=O)N2N=C(c3ccco3)CC2c2ccco2)no1. The highest BCUT2D eigenvalue weighted by molar-refractivity contribution is 7.98. The van der Waals surface area contributed by atoms with Crippen molar-refractivity contribution in [2.75, 3.05) is 6.61 Å². The Labute approximate surface area is 203 Å². The van der Waals surface area contributed by atoms with Crippen LogP contribution in [0.15, 0.2) is 84.7 Å². The van der Waals surface area contributed by atoms with E-state index in [0.717, 1.165) is 5.69 Å². The molecule has 4 aromatic rings. The molecular formula is C24H20N4O6S. The quantitative estimate of drug-likeness (QED) is 0.260. The lowest BCUT2D eigenvalue weighted by Crippen LogP contribution is -2.31. The summed E-state index contributed by atoms with van der Waals surface area (Å²) in [5, 5.41) is 10.1. The van der Waals surface area contributed by atoms with Crippen molar-refractivity contribution < 1.29 is 27.7 Å². The van der Waals surface area contributed by atoms with Crippen molar-refractivity contribution in [3.8, 4) is 0 Å². The summed E-state index contributed by atoms with van der Waals surface area (Å²) in [6.07, 6.45) is 5.07. The third-order valence-electron chi connectivity index (χ3n) is 5.19. The van der Waals surface area contributed by atoms with Gasteiger partial charge in [0.1, 0.15) is 34.1 Å². The van der Waals surface area contributed by atoms with Crippen molar-refractivity contribution in [3.63, 3.8) is 0 Å². The van der Waals surface area contributed by atoms with Crippen LogP contribution in [0.4, 0.5) is 0 Å². The Bertz CT molecular complexity index is 1350. The Morgan fingerprint density at radius 3 is 2.77 bits per heavy atom. The smallest absolute Gasteiger partial charge is 0.341 e. The fourth-order valence-electron chi connectivity index (χ4n) is 3.60. The molecular weight excluding hydrogens is 472 g/mol. The molecule has 4 aromatic heterocycles. The van der Waals surface area contributed by atoms with Crippen LogP contribution in [0.3, 0.4) is 0 Å². The number of esters is 1. The topological polar surface area (TPSA) is 124 Å². The molecule has 11 heteroatoms. The minimum atomic E-state index is -0.658. The predicted octanol–water partition coefficient (Wildman–Crippen LogP) is 4.39. The zero-order valence-electron chi connectivity index (χ0n) is 18.6. The van der Waals surface area contributed by atoms with Crippen molar-refractivity contribution in [3.05, 3.63) is 89.7 Å². The molecule has 0 bridgehead atoms. The number of ether oxygens (including phenoxy) is 1. The maximum atomic E-state index is 13.0. The lowest BCUT2D eigenvalue weighted by atomic mass is 10.1. The number of hydrazone groups is 1. The first kappa shape index (κ1) is 22.7. The standard InChI is InChI=1S/C24H20N4O6S/c1-15-11-16(27-34-15)14-35-23-17(5-2-8-25-23)24(30)33-13-22(29)28-19(21-7-4-10-32-21)12-18(26-28)20-6-3-9-31-20/h2-11,19H,12-14H2,1H3. The second-order valence-corrected chi connectivity index (χ2v) is 8.61. The largest absolute Gasteiger partial charge is 0.467 e. The molecule has 0 radical (unpaired) electrons. The van der Waals surface area contributed by atoms with E-state index in [1.54, 1.807) is 55.8 Å². The zero-order chi connectivity index (χ0) is 24.2. The zero-order valence-corrected chi connectivity index (χ0v) is 19.4. The lowest BCUT2D eigenvalue weighted by molar-refractivity contribution is -0.136. The van der Waals surface area contributed by atoms with Crippen molar-refractivity contribution in [2.45, 2.75) is 30.2 Å². The molecule has 35 heavy (non-hydrogen) atoms. The monoisotopic (exact) mass is 492 g/mol. The molecule has 0 spiro atoms. The molecule has 5 heterocycles. The maximum absolute atomic E-state index is 13.0. The molecule has 1 amide bonds. The molecule has 0 aromatic carbocycles. The number of carbonyl (C=O) groups is 2. The Kier molecular flexibility index (Phi) is 6.49. The number of nitrogens with zero attached hydrogens (tertiary/aromatic N) is 4. The Morgan fingerprint density at radius 1 is 1.17 bits per heavy atom. The summed E-state index contributed by atoms with van der Waals surface area (Å²) < 4.78 is 21.4. The van der Waals surface area contributed by atoms with Crippen LogP contribution in [-0.2, 0) is 15.3 Å². The average Bonchev–Trinajstić information content (AvgIpc) is 3.67. The van der Waals surface area contributed by atoms with Crippen LogP contribution < -0.4 is 0 Å². The van der Waals surface area contributed by atoms with Gasteiger partial charge in [0.05, 0.1) is 23.8 Å². The van der Waals surface area contributed by atoms with Crippen LogP contribution in [0.2, 0.25) is 0 Å². The molecule has 5 rings (SSSR count). The van der Waals surface area contributed by atoms with E-state index in [9.17, 15) is 9.59 Å². The van der Waals surface area contributed by atoms with Crippen LogP contribution in [-0.4, -0.2) is 39.3 Å². The fraction of sp³-hybridized carbons (Fsp3) is 0.208. The van der Waals surface area contributed by atoms with Gasteiger partial charge < -0.3 is 18.1 Å². The Balaban J connectivity index is 1.26. The number of hydrogen-bond donors (Lipinski definition) is 0. The molecule has 0 fully saturated rings. The van der Waals surface area contributed by atoms with Crippen molar-refractivity contribution in [2.24, 2.45) is 5.10 Å². The highest BCUT2D eigenvalue weighted by Gasteiger charge is 2.36. The lowest BCUT2D eigenvalue weighted by Gasteiger charge is -2.19. The van der Waals surface area contributed by atoms with E-state index >= 15 is 0 Å². The first-order chi connectivity index (χ1) is 17.1. The Hall–Kier alpha value is -4.12. The van der Waals surface area contributed by atoms with E-state index < -0.39 is 24.5 Å². The second kappa shape index (κ2) is 10.0. The van der Waals surface area contributed by atoms with Gasteiger partial charge in [-0.15, -0.1) is 0 Å². The maximum Gasteiger partial charge on any atom is 0.341 e. The van der Waals surface area contributed by atoms with Gasteiger partial charge in [0.15, 0.2) is 6.61 Å². The first-order valence-electron chi connectivity index (χ1n) is 10.7. The minimum Gasteiger partial charge on any atom is -0.467 e. The third kappa shape index (κ3) is 5.04. The molecule has 0 aliphatic carbocycles. The van der Waals surface area contributed by atoms with Crippen LogP contribution in [0, 0.1) is 6.92 Å². The molecule has 1 unspecified atom stereocenters. The second-order valence-electron chi connectivity index (χ2n) is 7.65. The van der Waals surface area contributed by atoms with E-state index in [2.05, 4.69) is 15.2 Å². The number of thioether (sulfide) groups is 1. The number of carbonyl (C=O) groups excluding carboxylic acids is 2. The molecule has 0 saturated carbocycles. The van der Waals surface area contributed by atoms with Gasteiger partial charge in [-0.25, -0.2) is 14.8 Å². The average molecular weight is 493 g/mol. The summed E-state index contributed by atoms with van der Waals surface area (Å²) in [5.74, 6) is 1.16. The van der Waals surface area contributed by atoms with Crippen LogP contribution >= 0.6 is 11.8 Å². The van der Waals surface area contributed by atoms with Gasteiger partial charge in [0, 0.05) is 24.4 Å². The van der Waals surface area contributed by atoms with Crippen molar-refractivity contribution in [1.82, 2.24) is 15.1 Å². The molecule has 0 saturated heterocycles. The van der Waals surface area contributed by atoms with Gasteiger partial charge in [-0.05, 0) is 43.3 Å². The van der Waals surface area contributed by atoms with Gasteiger partial charge in [0.2, 0.25) is 0 Å². The summed E-state index contributed by atoms with van der Waals surface area (Å²) in [5.41, 5.74) is 1.59. The number of pyridine rings is 1.